The molecule has 0 bridgehead atoms. The zero-order valence-corrected chi connectivity index (χ0v) is 11.8. The molecule has 18 heavy (non-hydrogen) atoms. The second kappa shape index (κ2) is 4.63. The largest absolute Gasteiger partial charge is 0.331 e. The molecule has 1 saturated heterocycles. The molecule has 2 aliphatic rings. The van der Waals surface area contributed by atoms with Crippen LogP contribution in [0.4, 0.5) is 0 Å². The number of rotatable bonds is 2. The van der Waals surface area contributed by atoms with E-state index in [-0.39, 0.29) is 5.92 Å². The Bertz CT molecular complexity index is 447. The third kappa shape index (κ3) is 2.06. The van der Waals surface area contributed by atoms with Crippen LogP contribution in [0.3, 0.4) is 0 Å². The van der Waals surface area contributed by atoms with Gasteiger partial charge in [-0.2, -0.15) is 0 Å². The lowest BCUT2D eigenvalue weighted by atomic mass is 10.1. The minimum Gasteiger partial charge on any atom is -0.331 e. The van der Waals surface area contributed by atoms with E-state index < -0.39 is 0 Å². The van der Waals surface area contributed by atoms with Gasteiger partial charge in [-0.1, -0.05) is 6.92 Å². The van der Waals surface area contributed by atoms with E-state index in [4.69, 9.17) is 0 Å². The van der Waals surface area contributed by atoms with Gasteiger partial charge in [0.2, 0.25) is 5.91 Å². The number of hydrogen-bond acceptors (Lipinski definition) is 4. The number of nitrogens with zero attached hydrogens (tertiary/aromatic N) is 3. The van der Waals surface area contributed by atoms with Crippen LogP contribution in [-0.4, -0.2) is 40.3 Å². The molecule has 98 valence electrons. The Morgan fingerprint density at radius 2 is 2.33 bits per heavy atom. The zero-order chi connectivity index (χ0) is 12.7. The van der Waals surface area contributed by atoms with E-state index in [1.165, 1.54) is 4.88 Å². The quantitative estimate of drug-likeness (QED) is 0.815. The van der Waals surface area contributed by atoms with Crippen molar-refractivity contribution in [3.63, 3.8) is 0 Å². The fourth-order valence-corrected chi connectivity index (χ4v) is 3.87. The topological polar surface area (TPSA) is 36.4 Å². The van der Waals surface area contributed by atoms with E-state index in [0.717, 1.165) is 49.8 Å². The summed E-state index contributed by atoms with van der Waals surface area (Å²) in [6.07, 6.45) is 1.02. The van der Waals surface area contributed by atoms with Gasteiger partial charge in [-0.3, -0.25) is 4.79 Å². The molecule has 3 heterocycles. The maximum atomic E-state index is 12.4. The highest BCUT2D eigenvalue weighted by Gasteiger charge is 2.34. The minimum atomic E-state index is 0.208. The molecule has 0 N–H and O–H groups in total. The summed E-state index contributed by atoms with van der Waals surface area (Å²) in [7, 11) is 0. The van der Waals surface area contributed by atoms with Gasteiger partial charge >= 0.3 is 0 Å². The number of aromatic nitrogens is 1. The van der Waals surface area contributed by atoms with Crippen LogP contribution in [0.1, 0.15) is 28.9 Å². The first-order valence-corrected chi connectivity index (χ1v) is 7.45. The van der Waals surface area contributed by atoms with Crippen LogP contribution in [0.15, 0.2) is 0 Å². The highest BCUT2D eigenvalue weighted by molar-refractivity contribution is 7.11. The average Bonchev–Trinajstić information content (AvgIpc) is 3.00. The first-order chi connectivity index (χ1) is 8.67. The van der Waals surface area contributed by atoms with Crippen molar-refractivity contribution < 1.29 is 4.79 Å². The van der Waals surface area contributed by atoms with Crippen LogP contribution < -0.4 is 0 Å². The maximum Gasteiger partial charge on any atom is 0.227 e. The molecule has 2 aliphatic heterocycles. The van der Waals surface area contributed by atoms with E-state index in [2.05, 4.69) is 16.8 Å². The van der Waals surface area contributed by atoms with Gasteiger partial charge in [-0.25, -0.2) is 4.98 Å². The Balaban J connectivity index is 1.64. The first-order valence-electron chi connectivity index (χ1n) is 6.63. The van der Waals surface area contributed by atoms with Gasteiger partial charge in [0.25, 0.3) is 0 Å². The van der Waals surface area contributed by atoms with Gasteiger partial charge in [0, 0.05) is 11.4 Å². The van der Waals surface area contributed by atoms with Gasteiger partial charge in [-0.15, -0.1) is 11.3 Å². The summed E-state index contributed by atoms with van der Waals surface area (Å²) < 4.78 is 0. The van der Waals surface area contributed by atoms with Crippen LogP contribution in [0.25, 0.3) is 0 Å². The summed E-state index contributed by atoms with van der Waals surface area (Å²) in [4.78, 5) is 22.6. The highest BCUT2D eigenvalue weighted by Crippen LogP contribution is 2.30. The Morgan fingerprint density at radius 1 is 1.50 bits per heavy atom. The summed E-state index contributed by atoms with van der Waals surface area (Å²) >= 11 is 1.73. The number of likely N-dealkylation sites (tertiary alicyclic amines) is 1. The molecule has 1 atom stereocenters. The monoisotopic (exact) mass is 265 g/mol. The van der Waals surface area contributed by atoms with Crippen LogP contribution in [0, 0.1) is 12.8 Å². The number of hydrogen-bond donors (Lipinski definition) is 0. The summed E-state index contributed by atoms with van der Waals surface area (Å²) in [5.74, 6) is 0.536. The lowest BCUT2D eigenvalue weighted by Crippen LogP contribution is -2.33. The van der Waals surface area contributed by atoms with Gasteiger partial charge in [0.1, 0.15) is 0 Å². The van der Waals surface area contributed by atoms with Crippen LogP contribution in [0.2, 0.25) is 0 Å². The maximum absolute atomic E-state index is 12.4. The van der Waals surface area contributed by atoms with Crippen molar-refractivity contribution in [2.24, 2.45) is 5.92 Å². The van der Waals surface area contributed by atoms with Crippen molar-refractivity contribution in [2.45, 2.75) is 33.4 Å². The van der Waals surface area contributed by atoms with Crippen LogP contribution in [0.5, 0.6) is 0 Å². The fourth-order valence-electron chi connectivity index (χ4n) is 2.91. The van der Waals surface area contributed by atoms with E-state index in [1.807, 2.05) is 11.8 Å². The SMILES string of the molecule is CCN1CCC(C(=O)N2Cc3nc(C)sc3C2)C1. The molecule has 1 amide bonds. The number of carbonyl (C=O) groups excluding carboxylic acids is 1. The van der Waals surface area contributed by atoms with Crippen molar-refractivity contribution in [1.29, 1.82) is 0 Å². The molecule has 3 rings (SSSR count). The third-order valence-electron chi connectivity index (χ3n) is 3.94. The smallest absolute Gasteiger partial charge is 0.227 e. The van der Waals surface area contributed by atoms with Gasteiger partial charge in [0.15, 0.2) is 0 Å². The Hall–Kier alpha value is -0.940. The second-order valence-electron chi connectivity index (χ2n) is 5.18. The molecular formula is C13H19N3OS. The summed E-state index contributed by atoms with van der Waals surface area (Å²) in [6, 6.07) is 0. The normalized spacial score (nSPS) is 23.7. The first kappa shape index (κ1) is 12.1. The molecular weight excluding hydrogens is 246 g/mol. The van der Waals surface area contributed by atoms with Crippen LogP contribution in [-0.2, 0) is 17.9 Å². The summed E-state index contributed by atoms with van der Waals surface area (Å²) in [5, 5.41) is 1.12. The molecule has 1 aromatic rings. The summed E-state index contributed by atoms with van der Waals surface area (Å²) in [5.41, 5.74) is 1.12. The van der Waals surface area contributed by atoms with Crippen molar-refractivity contribution in [2.75, 3.05) is 19.6 Å². The molecule has 5 heteroatoms. The van der Waals surface area contributed by atoms with E-state index >= 15 is 0 Å². The molecule has 1 fully saturated rings. The lowest BCUT2D eigenvalue weighted by Gasteiger charge is -2.20. The Kier molecular flexibility index (Phi) is 3.11. The molecule has 1 unspecified atom stereocenters. The van der Waals surface area contributed by atoms with E-state index in [1.54, 1.807) is 11.3 Å². The number of aryl methyl sites for hydroxylation is 1. The Morgan fingerprint density at radius 3 is 3.00 bits per heavy atom. The molecule has 0 saturated carbocycles. The molecule has 1 aromatic heterocycles. The van der Waals surface area contributed by atoms with E-state index in [9.17, 15) is 4.79 Å². The number of thiazole rings is 1. The number of carbonyl (C=O) groups is 1. The second-order valence-corrected chi connectivity index (χ2v) is 6.46. The summed E-state index contributed by atoms with van der Waals surface area (Å²) in [6.45, 7) is 8.76. The predicted octanol–water partition coefficient (Wildman–Crippen LogP) is 1.64. The molecule has 4 nitrogen and oxygen atoms in total. The fraction of sp³-hybridized carbons (Fsp3) is 0.692. The highest BCUT2D eigenvalue weighted by atomic mass is 32.1. The molecule has 0 radical (unpaired) electrons. The van der Waals surface area contributed by atoms with Crippen molar-refractivity contribution in [1.82, 2.24) is 14.8 Å². The van der Waals surface area contributed by atoms with Crippen molar-refractivity contribution in [3.8, 4) is 0 Å². The molecule has 0 spiro atoms. The van der Waals surface area contributed by atoms with E-state index in [0.29, 0.717) is 5.91 Å². The molecule has 0 aliphatic carbocycles. The van der Waals surface area contributed by atoms with Crippen molar-refractivity contribution in [3.05, 3.63) is 15.6 Å². The number of fused-ring (bicyclic) bond motifs is 1. The van der Waals surface area contributed by atoms with Gasteiger partial charge in [0.05, 0.1) is 29.7 Å². The third-order valence-corrected chi connectivity index (χ3v) is 4.94. The van der Waals surface area contributed by atoms with Gasteiger partial charge < -0.3 is 9.80 Å². The average molecular weight is 265 g/mol. The minimum absolute atomic E-state index is 0.208. The van der Waals surface area contributed by atoms with Gasteiger partial charge in [-0.05, 0) is 26.4 Å². The lowest BCUT2D eigenvalue weighted by molar-refractivity contribution is -0.135. The zero-order valence-electron chi connectivity index (χ0n) is 11.0. The predicted molar refractivity (Wildman–Crippen MR) is 71.3 cm³/mol. The standard InChI is InChI=1S/C13H19N3OS/c1-3-15-5-4-10(6-15)13(17)16-7-11-12(8-16)18-9(2)14-11/h10H,3-8H2,1-2H3. The van der Waals surface area contributed by atoms with Crippen LogP contribution >= 0.6 is 11.3 Å². The Labute approximate surface area is 112 Å². The molecule has 0 aromatic carbocycles. The van der Waals surface area contributed by atoms with Crippen molar-refractivity contribution >= 4 is 17.2 Å². The number of amides is 1.